The lowest BCUT2D eigenvalue weighted by Gasteiger charge is -2.36. The summed E-state index contributed by atoms with van der Waals surface area (Å²) in [5, 5.41) is 4.30. The number of piperazine rings is 1. The van der Waals surface area contributed by atoms with E-state index in [0.29, 0.717) is 31.9 Å². The molecular formula is C23H30F2N4O3S. The van der Waals surface area contributed by atoms with Gasteiger partial charge in [0.1, 0.15) is 17.3 Å². The van der Waals surface area contributed by atoms with Crippen LogP contribution >= 0.6 is 0 Å². The molecule has 0 bridgehead atoms. The Labute approximate surface area is 194 Å². The van der Waals surface area contributed by atoms with E-state index in [1.54, 1.807) is 0 Å². The monoisotopic (exact) mass is 480 g/mol. The van der Waals surface area contributed by atoms with Gasteiger partial charge in [0.05, 0.1) is 29.0 Å². The second-order valence-corrected chi connectivity index (χ2v) is 10.5. The summed E-state index contributed by atoms with van der Waals surface area (Å²) >= 11 is 0. The third-order valence-electron chi connectivity index (χ3n) is 6.35. The van der Waals surface area contributed by atoms with Gasteiger partial charge in [-0.1, -0.05) is 6.92 Å². The average molecular weight is 481 g/mol. The zero-order valence-corrected chi connectivity index (χ0v) is 19.8. The fourth-order valence-electron chi connectivity index (χ4n) is 4.29. The predicted molar refractivity (Wildman–Crippen MR) is 124 cm³/mol. The lowest BCUT2D eigenvalue weighted by Crippen LogP contribution is -2.49. The van der Waals surface area contributed by atoms with E-state index in [1.807, 2.05) is 23.1 Å². The number of benzene rings is 1. The molecule has 33 heavy (non-hydrogen) atoms. The van der Waals surface area contributed by atoms with Crippen molar-refractivity contribution >= 4 is 16.7 Å². The van der Waals surface area contributed by atoms with Crippen LogP contribution in [0.1, 0.15) is 46.0 Å². The summed E-state index contributed by atoms with van der Waals surface area (Å²) in [5.41, 5.74) is 0.0260. The third-order valence-corrected chi connectivity index (χ3v) is 8.24. The fourth-order valence-corrected chi connectivity index (χ4v) is 5.61. The second-order valence-electron chi connectivity index (χ2n) is 8.64. The van der Waals surface area contributed by atoms with Crippen LogP contribution in [-0.4, -0.2) is 55.8 Å². The van der Waals surface area contributed by atoms with Gasteiger partial charge in [0, 0.05) is 37.5 Å². The molecule has 0 amide bonds. The van der Waals surface area contributed by atoms with Gasteiger partial charge in [-0.25, -0.2) is 17.3 Å². The summed E-state index contributed by atoms with van der Waals surface area (Å²) in [7, 11) is -1.05. The van der Waals surface area contributed by atoms with E-state index < -0.39 is 28.2 Å². The van der Waals surface area contributed by atoms with Gasteiger partial charge in [-0.2, -0.15) is 9.78 Å². The van der Waals surface area contributed by atoms with Crippen molar-refractivity contribution in [2.24, 2.45) is 0 Å². The fraction of sp³-hybridized carbons (Fsp3) is 0.565. The van der Waals surface area contributed by atoms with Crippen LogP contribution in [0.3, 0.4) is 0 Å². The Hall–Kier alpha value is -2.33. The van der Waals surface area contributed by atoms with Crippen LogP contribution < -0.4 is 15.2 Å². The van der Waals surface area contributed by atoms with Crippen molar-refractivity contribution in [3.8, 4) is 11.4 Å². The Kier molecular flexibility index (Phi) is 7.43. The Morgan fingerprint density at radius 3 is 2.36 bits per heavy atom. The number of halogens is 2. The molecule has 1 aliphatic carbocycles. The van der Waals surface area contributed by atoms with Crippen LogP contribution in [0.4, 0.5) is 14.5 Å². The van der Waals surface area contributed by atoms with Crippen molar-refractivity contribution in [2.75, 3.05) is 31.1 Å². The number of hydrogen-bond acceptors (Lipinski definition) is 5. The molecule has 1 saturated heterocycles. The van der Waals surface area contributed by atoms with Gasteiger partial charge in [0.15, 0.2) is 0 Å². The minimum absolute atomic E-state index is 0.00842. The minimum Gasteiger partial charge on any atom is -0.483 e. The molecule has 0 N–H and O–H groups in total. The molecule has 1 saturated carbocycles. The van der Waals surface area contributed by atoms with Gasteiger partial charge < -0.3 is 9.64 Å². The first-order chi connectivity index (χ1) is 15.9. The van der Waals surface area contributed by atoms with Crippen molar-refractivity contribution in [3.05, 3.63) is 46.4 Å². The molecule has 1 aromatic heterocycles. The summed E-state index contributed by atoms with van der Waals surface area (Å²) in [6.07, 6.45) is 6.08. The smallest absolute Gasteiger partial charge is 0.316 e. The molecule has 2 unspecified atom stereocenters. The van der Waals surface area contributed by atoms with E-state index in [2.05, 4.69) is 5.10 Å². The zero-order valence-electron chi connectivity index (χ0n) is 19.0. The molecule has 2 heterocycles. The molecule has 7 nitrogen and oxygen atoms in total. The standard InChI is InChI=1S/C23H30F2N4O3S/c1-3-16(2)33(31)28-10-8-27(9-11-28)21-15-26-29(19-13-17(24)12-18(25)14-19)23(30)22(21)32-20-6-4-5-7-20/h12-16,20H,3-11H2,1-2H3. The van der Waals surface area contributed by atoms with E-state index in [9.17, 15) is 17.8 Å². The van der Waals surface area contributed by atoms with Crippen LogP contribution in [-0.2, 0) is 11.0 Å². The molecule has 0 spiro atoms. The molecule has 180 valence electrons. The summed E-state index contributed by atoms with van der Waals surface area (Å²) < 4.78 is 49.3. The SMILES string of the molecule is CCC(C)S(=O)N1CCN(c2cnn(-c3cc(F)cc(F)c3)c(=O)c2OC2CCCC2)CC1. The maximum absolute atomic E-state index is 13.8. The van der Waals surface area contributed by atoms with Gasteiger partial charge in [-0.3, -0.25) is 4.79 Å². The lowest BCUT2D eigenvalue weighted by molar-refractivity contribution is 0.205. The number of aromatic nitrogens is 2. The number of ether oxygens (including phenoxy) is 1. The molecule has 4 rings (SSSR count). The number of anilines is 1. The van der Waals surface area contributed by atoms with Crippen molar-refractivity contribution in [2.45, 2.75) is 57.3 Å². The van der Waals surface area contributed by atoms with Gasteiger partial charge in [-0.05, 0) is 51.2 Å². The van der Waals surface area contributed by atoms with Crippen LogP contribution in [0.15, 0.2) is 29.2 Å². The highest BCUT2D eigenvalue weighted by molar-refractivity contribution is 7.83. The van der Waals surface area contributed by atoms with Gasteiger partial charge >= 0.3 is 5.56 Å². The molecule has 2 aromatic rings. The van der Waals surface area contributed by atoms with E-state index >= 15 is 0 Å². The summed E-state index contributed by atoms with van der Waals surface area (Å²) in [5.74, 6) is -1.42. The summed E-state index contributed by atoms with van der Waals surface area (Å²) in [6.45, 7) is 6.34. The largest absolute Gasteiger partial charge is 0.483 e. The first-order valence-corrected chi connectivity index (χ1v) is 12.7. The van der Waals surface area contributed by atoms with Crippen LogP contribution in [0.5, 0.6) is 5.75 Å². The van der Waals surface area contributed by atoms with Crippen LogP contribution in [0.25, 0.3) is 5.69 Å². The first kappa shape index (κ1) is 23.8. The third kappa shape index (κ3) is 5.27. The summed E-state index contributed by atoms with van der Waals surface area (Å²) in [4.78, 5) is 15.4. The van der Waals surface area contributed by atoms with Crippen molar-refractivity contribution in [3.63, 3.8) is 0 Å². The molecule has 0 radical (unpaired) electrons. The highest BCUT2D eigenvalue weighted by atomic mass is 32.2. The predicted octanol–water partition coefficient (Wildman–Crippen LogP) is 3.42. The Balaban J connectivity index is 1.64. The van der Waals surface area contributed by atoms with E-state index in [1.165, 1.54) is 6.20 Å². The Morgan fingerprint density at radius 1 is 1.12 bits per heavy atom. The Morgan fingerprint density at radius 2 is 1.76 bits per heavy atom. The molecular weight excluding hydrogens is 450 g/mol. The van der Waals surface area contributed by atoms with Gasteiger partial charge in [0.2, 0.25) is 5.75 Å². The topological polar surface area (TPSA) is 67.7 Å². The quantitative estimate of drug-likeness (QED) is 0.608. The lowest BCUT2D eigenvalue weighted by atomic mass is 10.2. The molecule has 2 atom stereocenters. The van der Waals surface area contributed by atoms with E-state index in [-0.39, 0.29) is 22.8 Å². The minimum atomic E-state index is -1.05. The van der Waals surface area contributed by atoms with E-state index in [0.717, 1.165) is 55.0 Å². The highest BCUT2D eigenvalue weighted by Crippen LogP contribution is 2.30. The normalized spacial score (nSPS) is 19.6. The highest BCUT2D eigenvalue weighted by Gasteiger charge is 2.29. The number of nitrogens with zero attached hydrogens (tertiary/aromatic N) is 4. The molecule has 1 aromatic carbocycles. The Bertz CT molecular complexity index is 1050. The number of rotatable bonds is 7. The van der Waals surface area contributed by atoms with Crippen molar-refractivity contribution in [1.82, 2.24) is 14.1 Å². The molecule has 2 aliphatic rings. The van der Waals surface area contributed by atoms with Crippen LogP contribution in [0.2, 0.25) is 0 Å². The van der Waals surface area contributed by atoms with Gasteiger partial charge in [-0.15, -0.1) is 0 Å². The van der Waals surface area contributed by atoms with E-state index in [4.69, 9.17) is 4.74 Å². The van der Waals surface area contributed by atoms with Crippen molar-refractivity contribution in [1.29, 1.82) is 0 Å². The molecule has 10 heteroatoms. The first-order valence-electron chi connectivity index (χ1n) is 11.5. The van der Waals surface area contributed by atoms with Crippen LogP contribution in [0, 0.1) is 11.6 Å². The van der Waals surface area contributed by atoms with Gasteiger partial charge in [0.25, 0.3) is 0 Å². The maximum Gasteiger partial charge on any atom is 0.316 e. The summed E-state index contributed by atoms with van der Waals surface area (Å²) in [6, 6.07) is 2.89. The second kappa shape index (κ2) is 10.3. The maximum atomic E-state index is 13.8. The molecule has 2 fully saturated rings. The number of hydrogen-bond donors (Lipinski definition) is 0. The zero-order chi connectivity index (χ0) is 23.5. The average Bonchev–Trinajstić information content (AvgIpc) is 3.32. The van der Waals surface area contributed by atoms with Crippen molar-refractivity contribution < 1.29 is 17.7 Å². The molecule has 1 aliphatic heterocycles.